The van der Waals surface area contributed by atoms with Crippen LogP contribution in [0.25, 0.3) is 10.6 Å². The SMILES string of the molecule is Cc1nc(-c2ccc(C(F)(F)F)cc2)sc1C(=O)N(C)C(C1CC1)C1CC1. The van der Waals surface area contributed by atoms with Crippen molar-refractivity contribution in [2.75, 3.05) is 7.05 Å². The van der Waals surface area contributed by atoms with Gasteiger partial charge >= 0.3 is 6.18 Å². The summed E-state index contributed by atoms with van der Waals surface area (Å²) in [4.78, 5) is 20.0. The first kappa shape index (κ1) is 18.5. The van der Waals surface area contributed by atoms with E-state index in [1.54, 1.807) is 6.92 Å². The molecule has 7 heteroatoms. The fourth-order valence-electron chi connectivity index (χ4n) is 3.71. The minimum atomic E-state index is -4.36. The van der Waals surface area contributed by atoms with Crippen molar-refractivity contribution in [2.45, 2.75) is 44.8 Å². The van der Waals surface area contributed by atoms with Crippen LogP contribution in [-0.2, 0) is 6.18 Å². The molecule has 3 nitrogen and oxygen atoms in total. The molecule has 2 aliphatic carbocycles. The van der Waals surface area contributed by atoms with E-state index in [4.69, 9.17) is 0 Å². The number of hydrogen-bond donors (Lipinski definition) is 0. The maximum Gasteiger partial charge on any atom is 0.416 e. The molecule has 0 atom stereocenters. The number of carbonyl (C=O) groups excluding carboxylic acids is 1. The van der Waals surface area contributed by atoms with Gasteiger partial charge in [0.05, 0.1) is 11.3 Å². The molecule has 27 heavy (non-hydrogen) atoms. The van der Waals surface area contributed by atoms with Gasteiger partial charge in [0, 0.05) is 18.7 Å². The van der Waals surface area contributed by atoms with E-state index in [0.717, 1.165) is 12.1 Å². The highest BCUT2D eigenvalue weighted by molar-refractivity contribution is 7.17. The van der Waals surface area contributed by atoms with Crippen molar-refractivity contribution in [3.63, 3.8) is 0 Å². The fourth-order valence-corrected chi connectivity index (χ4v) is 4.76. The van der Waals surface area contributed by atoms with E-state index in [-0.39, 0.29) is 5.91 Å². The quantitative estimate of drug-likeness (QED) is 0.680. The summed E-state index contributed by atoms with van der Waals surface area (Å²) in [5.74, 6) is 1.22. The molecule has 2 fully saturated rings. The Morgan fingerprint density at radius 2 is 1.70 bits per heavy atom. The number of thiazole rings is 1. The lowest BCUT2D eigenvalue weighted by molar-refractivity contribution is -0.137. The van der Waals surface area contributed by atoms with Crippen molar-refractivity contribution >= 4 is 17.2 Å². The highest BCUT2D eigenvalue weighted by Crippen LogP contribution is 2.47. The molecule has 0 spiro atoms. The Labute approximate surface area is 160 Å². The van der Waals surface area contributed by atoms with Crippen LogP contribution in [0.3, 0.4) is 0 Å². The molecule has 2 aromatic rings. The third kappa shape index (κ3) is 3.74. The topological polar surface area (TPSA) is 33.2 Å². The van der Waals surface area contributed by atoms with Crippen molar-refractivity contribution in [2.24, 2.45) is 11.8 Å². The number of aryl methyl sites for hydroxylation is 1. The van der Waals surface area contributed by atoms with Crippen LogP contribution in [0.15, 0.2) is 24.3 Å². The molecule has 0 N–H and O–H groups in total. The second kappa shape index (κ2) is 6.62. The fraction of sp³-hybridized carbons (Fsp3) is 0.500. The summed E-state index contributed by atoms with van der Waals surface area (Å²) in [5, 5.41) is 0.576. The zero-order chi connectivity index (χ0) is 19.3. The van der Waals surface area contributed by atoms with E-state index in [9.17, 15) is 18.0 Å². The summed E-state index contributed by atoms with van der Waals surface area (Å²) in [7, 11) is 1.88. The number of halogens is 3. The number of nitrogens with zero attached hydrogens (tertiary/aromatic N) is 2. The van der Waals surface area contributed by atoms with E-state index in [1.807, 2.05) is 11.9 Å². The van der Waals surface area contributed by atoms with E-state index in [2.05, 4.69) is 4.98 Å². The molecule has 1 heterocycles. The highest BCUT2D eigenvalue weighted by atomic mass is 32.1. The Morgan fingerprint density at radius 1 is 1.15 bits per heavy atom. The first-order valence-electron chi connectivity index (χ1n) is 9.18. The molecule has 2 saturated carbocycles. The van der Waals surface area contributed by atoms with Gasteiger partial charge in [0.2, 0.25) is 0 Å². The summed E-state index contributed by atoms with van der Waals surface area (Å²) in [6.45, 7) is 1.79. The third-order valence-electron chi connectivity index (χ3n) is 5.43. The molecule has 4 rings (SSSR count). The molecule has 0 saturated heterocycles. The van der Waals surface area contributed by atoms with Gasteiger partial charge in [-0.05, 0) is 56.6 Å². The number of carbonyl (C=O) groups is 1. The summed E-state index contributed by atoms with van der Waals surface area (Å²) < 4.78 is 38.2. The normalized spacial score (nSPS) is 17.4. The Morgan fingerprint density at radius 3 is 2.19 bits per heavy atom. The van der Waals surface area contributed by atoms with Crippen LogP contribution in [0.2, 0.25) is 0 Å². The van der Waals surface area contributed by atoms with Crippen LogP contribution in [0, 0.1) is 18.8 Å². The lowest BCUT2D eigenvalue weighted by Crippen LogP contribution is -2.40. The molecule has 0 bridgehead atoms. The molecule has 0 unspecified atom stereocenters. The minimum absolute atomic E-state index is 0.0213. The highest BCUT2D eigenvalue weighted by Gasteiger charge is 2.45. The maximum absolute atomic E-state index is 13.0. The first-order valence-corrected chi connectivity index (χ1v) is 9.99. The van der Waals surface area contributed by atoms with Crippen LogP contribution in [-0.4, -0.2) is 28.9 Å². The predicted octanol–water partition coefficient (Wildman–Crippen LogP) is 5.40. The smallest absolute Gasteiger partial charge is 0.337 e. The molecular weight excluding hydrogens is 373 g/mol. The standard InChI is InChI=1S/C20H21F3N2OS/c1-11-17(19(26)25(2)16(12-3-4-12)13-5-6-13)27-18(24-11)14-7-9-15(10-8-14)20(21,22)23/h7-10,12-13,16H,3-6H2,1-2H3. The van der Waals surface area contributed by atoms with Gasteiger partial charge in [-0.2, -0.15) is 13.2 Å². The Kier molecular flexibility index (Phi) is 4.53. The first-order chi connectivity index (χ1) is 12.8. The van der Waals surface area contributed by atoms with Crippen molar-refractivity contribution in [3.8, 4) is 10.6 Å². The van der Waals surface area contributed by atoms with Crippen molar-refractivity contribution < 1.29 is 18.0 Å². The van der Waals surface area contributed by atoms with E-state index >= 15 is 0 Å². The number of hydrogen-bond acceptors (Lipinski definition) is 3. The summed E-state index contributed by atoms with van der Waals surface area (Å²) in [6, 6.07) is 5.24. The van der Waals surface area contributed by atoms with Crippen LogP contribution in [0.4, 0.5) is 13.2 Å². The van der Waals surface area contributed by atoms with Crippen molar-refractivity contribution in [1.82, 2.24) is 9.88 Å². The average Bonchev–Trinajstić information content (AvgIpc) is 3.54. The van der Waals surface area contributed by atoms with E-state index in [1.165, 1.54) is 49.2 Å². The summed E-state index contributed by atoms with van der Waals surface area (Å²) in [5.41, 5.74) is 0.545. The van der Waals surface area contributed by atoms with Gasteiger partial charge in [-0.25, -0.2) is 4.98 Å². The third-order valence-corrected chi connectivity index (χ3v) is 6.62. The number of amides is 1. The largest absolute Gasteiger partial charge is 0.416 e. The van der Waals surface area contributed by atoms with E-state index < -0.39 is 11.7 Å². The monoisotopic (exact) mass is 394 g/mol. The molecule has 1 aromatic carbocycles. The maximum atomic E-state index is 13.0. The van der Waals surface area contributed by atoms with Crippen LogP contribution >= 0.6 is 11.3 Å². The Hall–Kier alpha value is -1.89. The van der Waals surface area contributed by atoms with Gasteiger partial charge in [0.25, 0.3) is 5.91 Å². The Bertz CT molecular complexity index is 839. The zero-order valence-corrected chi connectivity index (χ0v) is 16.0. The van der Waals surface area contributed by atoms with Gasteiger partial charge in [0.1, 0.15) is 9.88 Å². The predicted molar refractivity (Wildman–Crippen MR) is 98.6 cm³/mol. The summed E-state index contributed by atoms with van der Waals surface area (Å²) >= 11 is 1.26. The zero-order valence-electron chi connectivity index (χ0n) is 15.2. The molecular formula is C20H21F3N2OS. The molecule has 0 radical (unpaired) electrons. The minimum Gasteiger partial charge on any atom is -0.337 e. The van der Waals surface area contributed by atoms with Gasteiger partial charge in [-0.1, -0.05) is 12.1 Å². The lowest BCUT2D eigenvalue weighted by atomic mass is 10.1. The van der Waals surface area contributed by atoms with Gasteiger partial charge < -0.3 is 4.90 Å². The molecule has 0 aliphatic heterocycles. The number of rotatable bonds is 5. The van der Waals surface area contributed by atoms with Crippen LogP contribution in [0.1, 0.15) is 46.6 Å². The molecule has 1 aromatic heterocycles. The van der Waals surface area contributed by atoms with Gasteiger partial charge in [-0.15, -0.1) is 11.3 Å². The lowest BCUT2D eigenvalue weighted by Gasteiger charge is -2.28. The second-order valence-electron chi connectivity index (χ2n) is 7.59. The second-order valence-corrected chi connectivity index (χ2v) is 8.59. The van der Waals surface area contributed by atoms with Crippen molar-refractivity contribution in [1.29, 1.82) is 0 Å². The molecule has 144 valence electrons. The van der Waals surface area contributed by atoms with E-state index in [0.29, 0.717) is 39.0 Å². The summed E-state index contributed by atoms with van der Waals surface area (Å²) in [6.07, 6.45) is 0.408. The number of aromatic nitrogens is 1. The average molecular weight is 394 g/mol. The molecule has 2 aliphatic rings. The molecule has 1 amide bonds. The number of benzene rings is 1. The van der Waals surface area contributed by atoms with Gasteiger partial charge in [0.15, 0.2) is 0 Å². The Balaban J connectivity index is 1.56. The van der Waals surface area contributed by atoms with Crippen LogP contribution in [0.5, 0.6) is 0 Å². The van der Waals surface area contributed by atoms with Crippen molar-refractivity contribution in [3.05, 3.63) is 40.4 Å². The van der Waals surface area contributed by atoms with Crippen LogP contribution < -0.4 is 0 Å². The van der Waals surface area contributed by atoms with Gasteiger partial charge in [-0.3, -0.25) is 4.79 Å². The number of alkyl halides is 3.